The second kappa shape index (κ2) is 11.1. The van der Waals surface area contributed by atoms with Crippen molar-refractivity contribution in [2.75, 3.05) is 42.9 Å². The number of rotatable bonds is 6. The van der Waals surface area contributed by atoms with E-state index in [-0.39, 0.29) is 5.56 Å². The maximum absolute atomic E-state index is 11.4. The minimum Gasteiger partial charge on any atom is -0.478 e. The maximum atomic E-state index is 11.4. The van der Waals surface area contributed by atoms with Crippen LogP contribution in [0.1, 0.15) is 21.5 Å². The Labute approximate surface area is 205 Å². The number of carboxylic acids is 1. The molecule has 34 heavy (non-hydrogen) atoms. The normalized spacial score (nSPS) is 14.2. The number of piperazine rings is 1. The summed E-state index contributed by atoms with van der Waals surface area (Å²) in [6.45, 7) is 6.01. The number of anilines is 2. The van der Waals surface area contributed by atoms with Crippen molar-refractivity contribution in [3.8, 4) is 0 Å². The van der Waals surface area contributed by atoms with E-state index in [1.54, 1.807) is 18.2 Å². The molecule has 6 nitrogen and oxygen atoms in total. The average molecular weight is 477 g/mol. The second-order valence-electron chi connectivity index (χ2n) is 8.36. The van der Waals surface area contributed by atoms with Crippen molar-refractivity contribution in [2.45, 2.75) is 13.3 Å². The van der Waals surface area contributed by atoms with Crippen LogP contribution in [0.4, 0.5) is 11.4 Å². The molecule has 0 aliphatic carbocycles. The van der Waals surface area contributed by atoms with Gasteiger partial charge in [0.15, 0.2) is 5.96 Å². The van der Waals surface area contributed by atoms with Gasteiger partial charge in [-0.05, 0) is 54.8 Å². The van der Waals surface area contributed by atoms with E-state index in [0.29, 0.717) is 12.2 Å². The Morgan fingerprint density at radius 1 is 1.00 bits per heavy atom. The third-order valence-electron chi connectivity index (χ3n) is 5.96. The van der Waals surface area contributed by atoms with E-state index in [9.17, 15) is 9.90 Å². The monoisotopic (exact) mass is 476 g/mol. The van der Waals surface area contributed by atoms with Crippen molar-refractivity contribution in [2.24, 2.45) is 4.99 Å². The number of guanidine groups is 1. The molecule has 0 saturated carbocycles. The van der Waals surface area contributed by atoms with Crippen LogP contribution in [0.25, 0.3) is 0 Å². The molecule has 2 N–H and O–H groups in total. The molecule has 3 aromatic rings. The zero-order chi connectivity index (χ0) is 23.9. The molecule has 0 radical (unpaired) electrons. The van der Waals surface area contributed by atoms with E-state index in [0.717, 1.165) is 49.3 Å². The molecule has 4 rings (SSSR count). The number of hydrogen-bond acceptors (Lipinski definition) is 3. The van der Waals surface area contributed by atoms with Gasteiger partial charge in [-0.15, -0.1) is 0 Å². The van der Waals surface area contributed by atoms with Crippen molar-refractivity contribution in [1.29, 1.82) is 0 Å². The van der Waals surface area contributed by atoms with Crippen molar-refractivity contribution < 1.29 is 9.90 Å². The molecule has 1 aliphatic heterocycles. The molecule has 0 bridgehead atoms. The first-order valence-electron chi connectivity index (χ1n) is 11.4. The number of aliphatic imine (C=N–C) groups is 1. The van der Waals surface area contributed by atoms with Crippen molar-refractivity contribution in [3.63, 3.8) is 0 Å². The minimum absolute atomic E-state index is 0.245. The molecule has 176 valence electrons. The summed E-state index contributed by atoms with van der Waals surface area (Å²) in [6.07, 6.45) is 0.836. The van der Waals surface area contributed by atoms with Crippen LogP contribution in [0.3, 0.4) is 0 Å². The smallest absolute Gasteiger partial charge is 0.335 e. The van der Waals surface area contributed by atoms with Gasteiger partial charge in [0.2, 0.25) is 0 Å². The molecule has 0 spiro atoms. The predicted octanol–water partition coefficient (Wildman–Crippen LogP) is 5.18. The third kappa shape index (κ3) is 6.08. The lowest BCUT2D eigenvalue weighted by molar-refractivity contribution is 0.0697. The summed E-state index contributed by atoms with van der Waals surface area (Å²) >= 11 is 6.24. The maximum Gasteiger partial charge on any atom is 0.335 e. The average Bonchev–Trinajstić information content (AvgIpc) is 2.86. The summed E-state index contributed by atoms with van der Waals surface area (Å²) in [5.74, 6) is -0.183. The Morgan fingerprint density at radius 2 is 1.76 bits per heavy atom. The zero-order valence-electron chi connectivity index (χ0n) is 19.2. The summed E-state index contributed by atoms with van der Waals surface area (Å²) in [5.41, 5.74) is 4.57. The highest BCUT2D eigenvalue weighted by molar-refractivity contribution is 6.30. The summed E-state index contributed by atoms with van der Waals surface area (Å²) < 4.78 is 0. The summed E-state index contributed by atoms with van der Waals surface area (Å²) in [6, 6.07) is 23.1. The number of benzene rings is 3. The summed E-state index contributed by atoms with van der Waals surface area (Å²) in [7, 11) is 0. The van der Waals surface area contributed by atoms with Gasteiger partial charge in [0.05, 0.1) is 5.56 Å². The molecule has 1 saturated heterocycles. The molecule has 7 heteroatoms. The van der Waals surface area contributed by atoms with Crippen LogP contribution < -0.4 is 10.2 Å². The van der Waals surface area contributed by atoms with Crippen molar-refractivity contribution in [1.82, 2.24) is 4.90 Å². The highest BCUT2D eigenvalue weighted by atomic mass is 35.5. The Balaban J connectivity index is 1.49. The fraction of sp³-hybridized carbons (Fsp3) is 0.259. The van der Waals surface area contributed by atoms with Crippen LogP contribution in [0, 0.1) is 6.92 Å². The summed E-state index contributed by atoms with van der Waals surface area (Å²) in [4.78, 5) is 20.9. The van der Waals surface area contributed by atoms with E-state index in [1.807, 2.05) is 36.4 Å². The van der Waals surface area contributed by atoms with Crippen LogP contribution in [0.2, 0.25) is 5.02 Å². The van der Waals surface area contributed by atoms with Crippen LogP contribution in [-0.4, -0.2) is 54.7 Å². The van der Waals surface area contributed by atoms with Gasteiger partial charge in [-0.3, -0.25) is 4.99 Å². The number of nitrogens with one attached hydrogen (secondary N) is 1. The number of aromatic carboxylic acids is 1. The topological polar surface area (TPSA) is 68.2 Å². The number of aryl methyl sites for hydroxylation is 1. The molecule has 1 aliphatic rings. The molecule has 3 aromatic carbocycles. The molecular weight excluding hydrogens is 448 g/mol. The van der Waals surface area contributed by atoms with Gasteiger partial charge in [-0.1, -0.05) is 54.1 Å². The van der Waals surface area contributed by atoms with Crippen LogP contribution >= 0.6 is 11.6 Å². The highest BCUT2D eigenvalue weighted by Crippen LogP contribution is 2.25. The Kier molecular flexibility index (Phi) is 7.70. The Morgan fingerprint density at radius 3 is 2.50 bits per heavy atom. The van der Waals surface area contributed by atoms with Gasteiger partial charge in [-0.2, -0.15) is 0 Å². The van der Waals surface area contributed by atoms with Gasteiger partial charge in [0.1, 0.15) is 0 Å². The van der Waals surface area contributed by atoms with E-state index in [4.69, 9.17) is 16.6 Å². The fourth-order valence-corrected chi connectivity index (χ4v) is 4.26. The van der Waals surface area contributed by atoms with E-state index >= 15 is 0 Å². The first-order chi connectivity index (χ1) is 16.5. The molecular formula is C27H29ClN4O2. The summed E-state index contributed by atoms with van der Waals surface area (Å²) in [5, 5.41) is 13.5. The minimum atomic E-state index is -0.947. The van der Waals surface area contributed by atoms with E-state index in [2.05, 4.69) is 40.2 Å². The quantitative estimate of drug-likeness (QED) is 0.379. The van der Waals surface area contributed by atoms with Crippen molar-refractivity contribution >= 4 is 34.9 Å². The zero-order valence-corrected chi connectivity index (χ0v) is 20.0. The Hall–Kier alpha value is -3.51. The number of nitrogens with zero attached hydrogens (tertiary/aromatic N) is 3. The predicted molar refractivity (Wildman–Crippen MR) is 139 cm³/mol. The van der Waals surface area contributed by atoms with Crippen molar-refractivity contribution in [3.05, 3.63) is 94.5 Å². The fourth-order valence-electron chi connectivity index (χ4n) is 4.10. The number of carboxylic acid groups (broad SMARTS) is 1. The van der Waals surface area contributed by atoms with E-state index in [1.165, 1.54) is 11.1 Å². The molecule has 1 heterocycles. The van der Waals surface area contributed by atoms with Gasteiger partial charge in [0.25, 0.3) is 0 Å². The lowest BCUT2D eigenvalue weighted by atomic mass is 10.1. The standard InChI is InChI=1S/C27H29ClN4O2/c1-20-10-11-23(28)19-25(20)31-14-16-32(17-15-31)27(29-13-12-21-6-3-2-4-7-21)30-24-9-5-8-22(18-24)26(33)34/h2-11,18-19H,12-17H2,1H3,(H,29,30)(H,33,34). The van der Waals surface area contributed by atoms with Crippen LogP contribution in [-0.2, 0) is 6.42 Å². The third-order valence-corrected chi connectivity index (χ3v) is 6.20. The second-order valence-corrected chi connectivity index (χ2v) is 8.79. The van der Waals surface area contributed by atoms with Gasteiger partial charge in [0, 0.05) is 49.1 Å². The molecule has 0 aromatic heterocycles. The number of hydrogen-bond donors (Lipinski definition) is 2. The van der Waals surface area contributed by atoms with Crippen LogP contribution in [0.15, 0.2) is 77.8 Å². The first-order valence-corrected chi connectivity index (χ1v) is 11.8. The number of halogens is 1. The first kappa shape index (κ1) is 23.6. The Bertz CT molecular complexity index is 1160. The molecule has 1 fully saturated rings. The lowest BCUT2D eigenvalue weighted by Crippen LogP contribution is -2.51. The largest absolute Gasteiger partial charge is 0.478 e. The molecule has 0 amide bonds. The van der Waals surface area contributed by atoms with Gasteiger partial charge >= 0.3 is 5.97 Å². The number of carbonyl (C=O) groups is 1. The van der Waals surface area contributed by atoms with Gasteiger partial charge < -0.3 is 20.2 Å². The molecule has 0 unspecified atom stereocenters. The SMILES string of the molecule is Cc1ccc(Cl)cc1N1CCN(C(=NCCc2ccccc2)Nc2cccc(C(=O)O)c2)CC1. The lowest BCUT2D eigenvalue weighted by Gasteiger charge is -2.38. The van der Waals surface area contributed by atoms with Gasteiger partial charge in [-0.25, -0.2) is 4.79 Å². The van der Waals surface area contributed by atoms with Crippen LogP contribution in [0.5, 0.6) is 0 Å². The highest BCUT2D eigenvalue weighted by Gasteiger charge is 2.21. The van der Waals surface area contributed by atoms with E-state index < -0.39 is 5.97 Å². The molecule has 0 atom stereocenters.